The summed E-state index contributed by atoms with van der Waals surface area (Å²) >= 11 is 0. The largest absolute Gasteiger partial charge is 0.490 e. The molecule has 5 heteroatoms. The van der Waals surface area contributed by atoms with Crippen molar-refractivity contribution in [2.24, 2.45) is 11.3 Å². The molecule has 0 heterocycles. The summed E-state index contributed by atoms with van der Waals surface area (Å²) < 4.78 is 44.4. The van der Waals surface area contributed by atoms with Crippen molar-refractivity contribution in [1.82, 2.24) is 0 Å². The molecule has 1 aromatic carbocycles. The minimum Gasteiger partial charge on any atom is -0.490 e. The monoisotopic (exact) mass is 398 g/mol. The van der Waals surface area contributed by atoms with Crippen LogP contribution in [0.1, 0.15) is 77.7 Å². The molecule has 0 aliphatic heterocycles. The Morgan fingerprint density at radius 2 is 1.89 bits per heavy atom. The van der Waals surface area contributed by atoms with Gasteiger partial charge in [0.15, 0.2) is 21.4 Å². The van der Waals surface area contributed by atoms with Gasteiger partial charge in [0.25, 0.3) is 0 Å². The minimum atomic E-state index is -3.12. The molecule has 0 N–H and O–H groups in total. The standard InChI is InChI=1S/C22H35FO3S/c1-17(16-27(24,25)13-7-5-6-12-22(2,3)4)19-10-11-20(23)21(14-19)26-15-18-8-9-18/h10-11,14,17-18H,5-9,12-13,15-16H2,1-4H3/t17-/m0/s1. The van der Waals surface area contributed by atoms with Gasteiger partial charge >= 0.3 is 0 Å². The van der Waals surface area contributed by atoms with Gasteiger partial charge in [0.05, 0.1) is 18.1 Å². The lowest BCUT2D eigenvalue weighted by Crippen LogP contribution is -2.16. The van der Waals surface area contributed by atoms with E-state index < -0.39 is 9.84 Å². The molecule has 1 atom stereocenters. The van der Waals surface area contributed by atoms with Gasteiger partial charge in [-0.05, 0) is 60.6 Å². The van der Waals surface area contributed by atoms with E-state index in [1.54, 1.807) is 12.1 Å². The van der Waals surface area contributed by atoms with E-state index in [4.69, 9.17) is 4.74 Å². The summed E-state index contributed by atoms with van der Waals surface area (Å²) in [7, 11) is -3.12. The topological polar surface area (TPSA) is 43.4 Å². The highest BCUT2D eigenvalue weighted by atomic mass is 32.2. The van der Waals surface area contributed by atoms with Crippen LogP contribution in [0.4, 0.5) is 4.39 Å². The number of benzene rings is 1. The van der Waals surface area contributed by atoms with Gasteiger partial charge in [-0.2, -0.15) is 0 Å². The number of sulfone groups is 1. The van der Waals surface area contributed by atoms with Crippen LogP contribution < -0.4 is 4.74 Å². The quantitative estimate of drug-likeness (QED) is 0.446. The predicted octanol–water partition coefficient (Wildman–Crippen LogP) is 5.74. The van der Waals surface area contributed by atoms with E-state index in [-0.39, 0.29) is 29.0 Å². The Kier molecular flexibility index (Phi) is 7.73. The lowest BCUT2D eigenvalue weighted by Gasteiger charge is -2.17. The summed E-state index contributed by atoms with van der Waals surface area (Å²) in [4.78, 5) is 0. The zero-order valence-electron chi connectivity index (χ0n) is 17.3. The molecule has 0 unspecified atom stereocenters. The minimum absolute atomic E-state index is 0.0972. The summed E-state index contributed by atoms with van der Waals surface area (Å²) in [6.07, 6.45) is 6.12. The highest BCUT2D eigenvalue weighted by molar-refractivity contribution is 7.91. The van der Waals surface area contributed by atoms with Crippen molar-refractivity contribution in [3.8, 4) is 5.75 Å². The normalized spacial score (nSPS) is 16.3. The summed E-state index contributed by atoms with van der Waals surface area (Å²) in [5, 5.41) is 0. The fraction of sp³-hybridized carbons (Fsp3) is 0.727. The van der Waals surface area contributed by atoms with Gasteiger partial charge < -0.3 is 4.74 Å². The predicted molar refractivity (Wildman–Crippen MR) is 110 cm³/mol. The van der Waals surface area contributed by atoms with Crippen LogP contribution in [0, 0.1) is 17.2 Å². The molecule has 0 saturated heterocycles. The molecule has 1 aliphatic carbocycles. The molecule has 1 aliphatic rings. The van der Waals surface area contributed by atoms with E-state index in [9.17, 15) is 12.8 Å². The number of unbranched alkanes of at least 4 members (excludes halogenated alkanes) is 2. The molecular formula is C22H35FO3S. The summed E-state index contributed by atoms with van der Waals surface area (Å²) in [6.45, 7) is 9.04. The molecule has 1 fully saturated rings. The molecule has 0 radical (unpaired) electrons. The molecule has 0 amide bonds. The molecule has 1 aromatic rings. The average molecular weight is 399 g/mol. The van der Waals surface area contributed by atoms with Gasteiger partial charge in [0, 0.05) is 0 Å². The van der Waals surface area contributed by atoms with Crippen molar-refractivity contribution in [1.29, 1.82) is 0 Å². The molecule has 0 bridgehead atoms. The summed E-state index contributed by atoms with van der Waals surface area (Å²) in [6, 6.07) is 4.72. The number of rotatable bonds is 11. The first-order valence-electron chi connectivity index (χ1n) is 10.2. The van der Waals surface area contributed by atoms with Crippen LogP contribution in [0.5, 0.6) is 5.75 Å². The molecule has 0 spiro atoms. The highest BCUT2D eigenvalue weighted by Crippen LogP contribution is 2.31. The smallest absolute Gasteiger partial charge is 0.165 e. The fourth-order valence-corrected chi connectivity index (χ4v) is 4.91. The van der Waals surface area contributed by atoms with E-state index in [1.165, 1.54) is 6.07 Å². The molecule has 1 saturated carbocycles. The number of halogens is 1. The fourth-order valence-electron chi connectivity index (χ4n) is 3.14. The number of ether oxygens (including phenoxy) is 1. The second-order valence-electron chi connectivity index (χ2n) is 9.33. The van der Waals surface area contributed by atoms with Gasteiger partial charge in [-0.15, -0.1) is 0 Å². The Hall–Kier alpha value is -1.10. The highest BCUT2D eigenvalue weighted by Gasteiger charge is 2.23. The number of hydrogen-bond acceptors (Lipinski definition) is 3. The number of hydrogen-bond donors (Lipinski definition) is 0. The third kappa shape index (κ3) is 8.63. The average Bonchev–Trinajstić information content (AvgIpc) is 3.36. The first-order valence-corrected chi connectivity index (χ1v) is 12.0. The maximum Gasteiger partial charge on any atom is 0.165 e. The lowest BCUT2D eigenvalue weighted by molar-refractivity contribution is 0.285. The maximum absolute atomic E-state index is 13.9. The zero-order chi connectivity index (χ0) is 20.1. The van der Waals surface area contributed by atoms with Crippen molar-refractivity contribution >= 4 is 9.84 Å². The molecule has 27 heavy (non-hydrogen) atoms. The third-order valence-corrected chi connectivity index (χ3v) is 7.00. The first kappa shape index (κ1) is 22.2. The molecular weight excluding hydrogens is 363 g/mol. The Morgan fingerprint density at radius 3 is 2.52 bits per heavy atom. The molecule has 0 aromatic heterocycles. The third-order valence-electron chi connectivity index (χ3n) is 5.08. The van der Waals surface area contributed by atoms with Gasteiger partial charge in [0.1, 0.15) is 0 Å². The van der Waals surface area contributed by atoms with Gasteiger partial charge in [-0.3, -0.25) is 0 Å². The van der Waals surface area contributed by atoms with Gasteiger partial charge in [-0.1, -0.05) is 46.6 Å². The van der Waals surface area contributed by atoms with Crippen molar-refractivity contribution in [3.05, 3.63) is 29.6 Å². The van der Waals surface area contributed by atoms with Crippen molar-refractivity contribution in [3.63, 3.8) is 0 Å². The van der Waals surface area contributed by atoms with Crippen LogP contribution in [0.3, 0.4) is 0 Å². The van der Waals surface area contributed by atoms with Crippen LogP contribution in [0.15, 0.2) is 18.2 Å². The Bertz CT molecular complexity index is 703. The maximum atomic E-state index is 13.9. The molecule has 2 rings (SSSR count). The molecule has 3 nitrogen and oxygen atoms in total. The second kappa shape index (κ2) is 9.40. The van der Waals surface area contributed by atoms with E-state index in [0.29, 0.717) is 24.4 Å². The van der Waals surface area contributed by atoms with Crippen LogP contribution in [0.25, 0.3) is 0 Å². The van der Waals surface area contributed by atoms with Gasteiger partial charge in [0.2, 0.25) is 0 Å². The van der Waals surface area contributed by atoms with E-state index in [0.717, 1.165) is 37.7 Å². The van der Waals surface area contributed by atoms with E-state index in [1.807, 2.05) is 6.92 Å². The first-order chi connectivity index (χ1) is 12.6. The van der Waals surface area contributed by atoms with Crippen LogP contribution >= 0.6 is 0 Å². The Morgan fingerprint density at radius 1 is 1.19 bits per heavy atom. The van der Waals surface area contributed by atoms with Crippen molar-refractivity contribution in [2.75, 3.05) is 18.1 Å². The van der Waals surface area contributed by atoms with Crippen LogP contribution in [-0.4, -0.2) is 26.5 Å². The SMILES string of the molecule is C[C@@H](CS(=O)(=O)CCCCCC(C)(C)C)c1ccc(F)c(OCC2CC2)c1. The van der Waals surface area contributed by atoms with Crippen LogP contribution in [0.2, 0.25) is 0 Å². The van der Waals surface area contributed by atoms with Crippen molar-refractivity contribution in [2.45, 2.75) is 72.1 Å². The van der Waals surface area contributed by atoms with E-state index >= 15 is 0 Å². The Labute approximate surface area is 164 Å². The second-order valence-corrected chi connectivity index (χ2v) is 11.6. The van der Waals surface area contributed by atoms with Crippen LogP contribution in [-0.2, 0) is 9.84 Å². The Balaban J connectivity index is 1.83. The molecule has 154 valence electrons. The lowest BCUT2D eigenvalue weighted by atomic mass is 9.90. The van der Waals surface area contributed by atoms with Gasteiger partial charge in [-0.25, -0.2) is 12.8 Å². The van der Waals surface area contributed by atoms with Crippen molar-refractivity contribution < 1.29 is 17.5 Å². The summed E-state index contributed by atoms with van der Waals surface area (Å²) in [5.74, 6) is 0.560. The van der Waals surface area contributed by atoms with E-state index in [2.05, 4.69) is 20.8 Å². The zero-order valence-corrected chi connectivity index (χ0v) is 18.1. The summed E-state index contributed by atoms with van der Waals surface area (Å²) in [5.41, 5.74) is 1.12.